The van der Waals surface area contributed by atoms with E-state index in [4.69, 9.17) is 4.74 Å². The molecule has 2 aromatic rings. The minimum Gasteiger partial charge on any atom is -0.496 e. The Hall–Kier alpha value is -2.48. The van der Waals surface area contributed by atoms with Gasteiger partial charge in [-0.3, -0.25) is 25.1 Å². The van der Waals surface area contributed by atoms with Crippen molar-refractivity contribution in [1.82, 2.24) is 20.6 Å². The van der Waals surface area contributed by atoms with Gasteiger partial charge in [0.05, 0.1) is 18.4 Å². The van der Waals surface area contributed by atoms with E-state index in [1.54, 1.807) is 28.6 Å². The molecule has 0 unspecified atom stereocenters. The lowest BCUT2D eigenvalue weighted by molar-refractivity contribution is -0.122. The van der Waals surface area contributed by atoms with Crippen molar-refractivity contribution in [2.75, 3.05) is 13.4 Å². The maximum absolute atomic E-state index is 12.2. The molecule has 0 saturated heterocycles. The smallest absolute Gasteiger partial charge is 0.273 e. The highest BCUT2D eigenvalue weighted by molar-refractivity contribution is 7.98. The zero-order valence-electron chi connectivity index (χ0n) is 14.0. The Kier molecular flexibility index (Phi) is 5.86. The third-order valence-corrected chi connectivity index (χ3v) is 4.09. The number of ether oxygens (including phenoxy) is 1. The molecule has 1 aromatic heterocycles. The van der Waals surface area contributed by atoms with Gasteiger partial charge in [-0.1, -0.05) is 0 Å². The zero-order chi connectivity index (χ0) is 17.7. The number of aryl methyl sites for hydroxylation is 2. The molecule has 0 radical (unpaired) electrons. The average molecular weight is 348 g/mol. The molecule has 128 valence electrons. The van der Waals surface area contributed by atoms with Crippen LogP contribution in [-0.4, -0.2) is 35.0 Å². The summed E-state index contributed by atoms with van der Waals surface area (Å²) in [6.07, 6.45) is 1.94. The fourth-order valence-electron chi connectivity index (χ4n) is 2.19. The number of aromatic nitrogens is 2. The molecule has 0 spiro atoms. The number of amides is 2. The molecular weight excluding hydrogens is 328 g/mol. The number of thioether (sulfide) groups is 1. The molecule has 2 rings (SSSR count). The van der Waals surface area contributed by atoms with Gasteiger partial charge in [-0.2, -0.15) is 5.10 Å². The van der Waals surface area contributed by atoms with Crippen molar-refractivity contribution < 1.29 is 14.3 Å². The monoisotopic (exact) mass is 348 g/mol. The molecule has 2 amide bonds. The highest BCUT2D eigenvalue weighted by atomic mass is 32.2. The molecule has 8 heteroatoms. The van der Waals surface area contributed by atoms with Gasteiger partial charge in [0.25, 0.3) is 11.8 Å². The van der Waals surface area contributed by atoms with Crippen LogP contribution in [0, 0.1) is 13.8 Å². The van der Waals surface area contributed by atoms with Crippen LogP contribution in [-0.2, 0) is 11.3 Å². The number of nitrogens with zero attached hydrogens (tertiary/aromatic N) is 2. The Bertz CT molecular complexity index is 758. The van der Waals surface area contributed by atoms with Crippen LogP contribution < -0.4 is 15.6 Å². The first-order valence-corrected chi connectivity index (χ1v) is 8.49. The van der Waals surface area contributed by atoms with Crippen molar-refractivity contribution >= 4 is 23.6 Å². The summed E-state index contributed by atoms with van der Waals surface area (Å²) in [6.45, 7) is 3.75. The second-order valence-electron chi connectivity index (χ2n) is 5.15. The molecule has 0 aliphatic rings. The van der Waals surface area contributed by atoms with E-state index in [0.29, 0.717) is 11.3 Å². The van der Waals surface area contributed by atoms with E-state index in [9.17, 15) is 9.59 Å². The number of carbonyl (C=O) groups is 2. The van der Waals surface area contributed by atoms with Crippen molar-refractivity contribution in [3.63, 3.8) is 0 Å². The molecule has 0 atom stereocenters. The number of methoxy groups -OCH3 is 1. The molecule has 0 bridgehead atoms. The number of nitrogens with one attached hydrogen (secondary N) is 2. The maximum Gasteiger partial charge on any atom is 0.273 e. The molecule has 1 heterocycles. The summed E-state index contributed by atoms with van der Waals surface area (Å²) in [6, 6.07) is 7.13. The Morgan fingerprint density at radius 2 is 2.00 bits per heavy atom. The van der Waals surface area contributed by atoms with Crippen LogP contribution >= 0.6 is 11.8 Å². The van der Waals surface area contributed by atoms with Crippen LogP contribution in [0.1, 0.15) is 21.7 Å². The quantitative estimate of drug-likeness (QED) is 0.634. The number of rotatable bonds is 5. The second-order valence-corrected chi connectivity index (χ2v) is 6.03. The molecular formula is C16H20N4O3S. The standard InChI is InChI=1S/C16H20N4O3S/c1-10-7-11(2)20(19-10)9-15(21)17-18-16(22)13-6-5-12(24-4)8-14(13)23-3/h5-8H,9H2,1-4H3,(H,17,21)(H,18,22). The van der Waals surface area contributed by atoms with Gasteiger partial charge in [0, 0.05) is 10.6 Å². The summed E-state index contributed by atoms with van der Waals surface area (Å²) in [5.74, 6) is -0.359. The predicted octanol–water partition coefficient (Wildman–Crippen LogP) is 1.69. The van der Waals surface area contributed by atoms with Gasteiger partial charge in [-0.05, 0) is 44.4 Å². The van der Waals surface area contributed by atoms with Gasteiger partial charge in [-0.15, -0.1) is 11.8 Å². The van der Waals surface area contributed by atoms with E-state index in [-0.39, 0.29) is 12.5 Å². The normalized spacial score (nSPS) is 10.3. The Balaban J connectivity index is 1.97. The lowest BCUT2D eigenvalue weighted by Gasteiger charge is -2.11. The number of hydrogen-bond acceptors (Lipinski definition) is 5. The van der Waals surface area contributed by atoms with Crippen LogP contribution in [0.4, 0.5) is 0 Å². The first kappa shape index (κ1) is 17.9. The van der Waals surface area contributed by atoms with Crippen LogP contribution in [0.3, 0.4) is 0 Å². The Morgan fingerprint density at radius 3 is 2.58 bits per heavy atom. The Labute approximate surface area is 144 Å². The number of hydrazine groups is 1. The van der Waals surface area contributed by atoms with Crippen molar-refractivity contribution in [3.8, 4) is 5.75 Å². The van der Waals surface area contributed by atoms with E-state index < -0.39 is 5.91 Å². The van der Waals surface area contributed by atoms with Gasteiger partial charge < -0.3 is 4.74 Å². The highest BCUT2D eigenvalue weighted by Crippen LogP contribution is 2.25. The number of carbonyl (C=O) groups excluding carboxylic acids is 2. The molecule has 0 saturated carbocycles. The number of hydrogen-bond donors (Lipinski definition) is 2. The summed E-state index contributed by atoms with van der Waals surface area (Å²) >= 11 is 1.55. The van der Waals surface area contributed by atoms with E-state index >= 15 is 0 Å². The summed E-state index contributed by atoms with van der Waals surface area (Å²) in [5, 5.41) is 4.20. The third-order valence-electron chi connectivity index (χ3n) is 3.37. The lowest BCUT2D eigenvalue weighted by Crippen LogP contribution is -2.43. The van der Waals surface area contributed by atoms with Gasteiger partial charge in [0.15, 0.2) is 0 Å². The van der Waals surface area contributed by atoms with E-state index in [0.717, 1.165) is 16.3 Å². The summed E-state index contributed by atoms with van der Waals surface area (Å²) in [7, 11) is 1.50. The van der Waals surface area contributed by atoms with Crippen LogP contribution in [0.15, 0.2) is 29.2 Å². The highest BCUT2D eigenvalue weighted by Gasteiger charge is 2.14. The summed E-state index contributed by atoms with van der Waals surface area (Å²) < 4.78 is 6.80. The fourth-order valence-corrected chi connectivity index (χ4v) is 2.62. The van der Waals surface area contributed by atoms with Crippen LogP contribution in [0.25, 0.3) is 0 Å². The molecule has 7 nitrogen and oxygen atoms in total. The van der Waals surface area contributed by atoms with Crippen molar-refractivity contribution in [2.45, 2.75) is 25.3 Å². The Morgan fingerprint density at radius 1 is 1.25 bits per heavy atom. The van der Waals surface area contributed by atoms with Crippen LogP contribution in [0.5, 0.6) is 5.75 Å². The third kappa shape index (κ3) is 4.29. The zero-order valence-corrected chi connectivity index (χ0v) is 14.9. The second kappa shape index (κ2) is 7.87. The SMILES string of the molecule is COc1cc(SC)ccc1C(=O)NNC(=O)Cn1nc(C)cc1C. The lowest BCUT2D eigenvalue weighted by atomic mass is 10.2. The first-order chi connectivity index (χ1) is 11.4. The van der Waals surface area contributed by atoms with Gasteiger partial charge in [-0.25, -0.2) is 0 Å². The molecule has 0 fully saturated rings. The minimum absolute atomic E-state index is 0.0303. The minimum atomic E-state index is -0.443. The van der Waals surface area contributed by atoms with Gasteiger partial charge in [0.2, 0.25) is 0 Å². The predicted molar refractivity (Wildman–Crippen MR) is 92.1 cm³/mol. The molecule has 24 heavy (non-hydrogen) atoms. The van der Waals surface area contributed by atoms with Gasteiger partial charge >= 0.3 is 0 Å². The van der Waals surface area contributed by atoms with Gasteiger partial charge in [0.1, 0.15) is 12.3 Å². The van der Waals surface area contributed by atoms with Crippen molar-refractivity contribution in [3.05, 3.63) is 41.2 Å². The summed E-state index contributed by atoms with van der Waals surface area (Å²) in [4.78, 5) is 25.1. The van der Waals surface area contributed by atoms with Crippen molar-refractivity contribution in [2.24, 2.45) is 0 Å². The summed E-state index contributed by atoms with van der Waals surface area (Å²) in [5.41, 5.74) is 6.84. The maximum atomic E-state index is 12.2. The first-order valence-electron chi connectivity index (χ1n) is 7.27. The van der Waals surface area contributed by atoms with Crippen molar-refractivity contribution in [1.29, 1.82) is 0 Å². The topological polar surface area (TPSA) is 85.3 Å². The molecule has 0 aliphatic carbocycles. The molecule has 2 N–H and O–H groups in total. The van der Waals surface area contributed by atoms with E-state index in [1.807, 2.05) is 32.2 Å². The molecule has 1 aromatic carbocycles. The average Bonchev–Trinajstić information content (AvgIpc) is 2.89. The van der Waals surface area contributed by atoms with E-state index in [2.05, 4.69) is 16.0 Å². The van der Waals surface area contributed by atoms with E-state index in [1.165, 1.54) is 7.11 Å². The largest absolute Gasteiger partial charge is 0.496 e. The molecule has 0 aliphatic heterocycles. The fraction of sp³-hybridized carbons (Fsp3) is 0.312. The van der Waals surface area contributed by atoms with Crippen LogP contribution in [0.2, 0.25) is 0 Å². The number of benzene rings is 1.